The molecule has 0 bridgehead atoms. The summed E-state index contributed by atoms with van der Waals surface area (Å²) in [5, 5.41) is 12.0. The van der Waals surface area contributed by atoms with E-state index in [0.29, 0.717) is 5.92 Å². The molecule has 0 saturated carbocycles. The van der Waals surface area contributed by atoms with Crippen LogP contribution in [0.15, 0.2) is 18.2 Å². The van der Waals surface area contributed by atoms with Gasteiger partial charge in [-0.3, -0.25) is 0 Å². The van der Waals surface area contributed by atoms with Crippen molar-refractivity contribution in [3.63, 3.8) is 0 Å². The van der Waals surface area contributed by atoms with Gasteiger partial charge in [0.25, 0.3) is 0 Å². The molecule has 1 aliphatic rings. The van der Waals surface area contributed by atoms with Crippen molar-refractivity contribution >= 4 is 17.4 Å². The van der Waals surface area contributed by atoms with Gasteiger partial charge in [-0.15, -0.1) is 0 Å². The van der Waals surface area contributed by atoms with Crippen LogP contribution in [0, 0.1) is 23.1 Å². The predicted octanol–water partition coefficient (Wildman–Crippen LogP) is 2.86. The molecule has 1 aliphatic heterocycles. The van der Waals surface area contributed by atoms with E-state index < -0.39 is 5.82 Å². The topological polar surface area (TPSA) is 35.8 Å². The third-order valence-electron chi connectivity index (χ3n) is 2.71. The zero-order valence-corrected chi connectivity index (χ0v) is 9.69. The van der Waals surface area contributed by atoms with Crippen molar-refractivity contribution in [1.29, 1.82) is 5.26 Å². The van der Waals surface area contributed by atoms with Gasteiger partial charge in [0, 0.05) is 12.2 Å². The zero-order chi connectivity index (χ0) is 11.4. The summed E-state index contributed by atoms with van der Waals surface area (Å²) in [5.74, 6) is 2.67. The predicted molar refractivity (Wildman–Crippen MR) is 65.0 cm³/mol. The fraction of sp³-hybridized carbons (Fsp3) is 0.417. The van der Waals surface area contributed by atoms with E-state index in [2.05, 4.69) is 5.32 Å². The second-order valence-corrected chi connectivity index (χ2v) is 5.07. The van der Waals surface area contributed by atoms with E-state index >= 15 is 0 Å². The molecular weight excluding hydrogens is 223 g/mol. The van der Waals surface area contributed by atoms with Gasteiger partial charge in [-0.2, -0.15) is 17.0 Å². The lowest BCUT2D eigenvalue weighted by atomic mass is 10.1. The van der Waals surface area contributed by atoms with Gasteiger partial charge in [0.15, 0.2) is 0 Å². The van der Waals surface area contributed by atoms with Crippen molar-refractivity contribution < 1.29 is 4.39 Å². The first-order chi connectivity index (χ1) is 7.79. The molecule has 1 N–H and O–H groups in total. The summed E-state index contributed by atoms with van der Waals surface area (Å²) in [7, 11) is 0. The van der Waals surface area contributed by atoms with Crippen LogP contribution in [0.1, 0.15) is 12.0 Å². The molecule has 1 aromatic carbocycles. The molecule has 0 amide bonds. The molecule has 0 spiro atoms. The number of halogens is 1. The number of benzene rings is 1. The average molecular weight is 236 g/mol. The summed E-state index contributed by atoms with van der Waals surface area (Å²) < 4.78 is 13.1. The van der Waals surface area contributed by atoms with E-state index in [1.165, 1.54) is 24.0 Å². The fourth-order valence-electron chi connectivity index (χ4n) is 1.73. The van der Waals surface area contributed by atoms with E-state index in [1.54, 1.807) is 12.1 Å². The van der Waals surface area contributed by atoms with Gasteiger partial charge in [0.05, 0.1) is 5.56 Å². The van der Waals surface area contributed by atoms with Crippen molar-refractivity contribution in [2.45, 2.75) is 6.42 Å². The first-order valence-corrected chi connectivity index (χ1v) is 6.46. The third-order valence-corrected chi connectivity index (χ3v) is 3.94. The van der Waals surface area contributed by atoms with Gasteiger partial charge in [-0.05, 0) is 42.0 Å². The van der Waals surface area contributed by atoms with E-state index in [9.17, 15) is 4.39 Å². The number of thioether (sulfide) groups is 1. The summed E-state index contributed by atoms with van der Waals surface area (Å²) in [4.78, 5) is 0. The standard InChI is InChI=1S/C12H13FN2S/c13-12-2-1-11(5-10(12)6-14)15-7-9-3-4-16-8-9/h1-2,5,9,15H,3-4,7-8H2. The zero-order valence-electron chi connectivity index (χ0n) is 8.87. The minimum absolute atomic E-state index is 0.103. The first-order valence-electron chi connectivity index (χ1n) is 5.31. The van der Waals surface area contributed by atoms with Crippen molar-refractivity contribution in [2.24, 2.45) is 5.92 Å². The lowest BCUT2D eigenvalue weighted by Crippen LogP contribution is -2.13. The van der Waals surface area contributed by atoms with Crippen LogP contribution in [0.4, 0.5) is 10.1 Å². The lowest BCUT2D eigenvalue weighted by molar-refractivity contribution is 0.622. The molecule has 2 nitrogen and oxygen atoms in total. The van der Waals surface area contributed by atoms with Gasteiger partial charge >= 0.3 is 0 Å². The Morgan fingerprint density at radius 2 is 2.44 bits per heavy atom. The maximum Gasteiger partial charge on any atom is 0.141 e. The van der Waals surface area contributed by atoms with Crippen LogP contribution in [0.25, 0.3) is 0 Å². The summed E-state index contributed by atoms with van der Waals surface area (Å²) in [6, 6.07) is 6.43. The van der Waals surface area contributed by atoms with Crippen molar-refractivity contribution in [2.75, 3.05) is 23.4 Å². The maximum absolute atomic E-state index is 13.1. The minimum atomic E-state index is -0.454. The third kappa shape index (κ3) is 2.67. The molecule has 16 heavy (non-hydrogen) atoms. The smallest absolute Gasteiger partial charge is 0.141 e. The van der Waals surface area contributed by atoms with Crippen LogP contribution in [-0.4, -0.2) is 18.1 Å². The Kier molecular flexibility index (Phi) is 3.68. The molecule has 1 atom stereocenters. The van der Waals surface area contributed by atoms with Gasteiger partial charge < -0.3 is 5.32 Å². The fourth-order valence-corrected chi connectivity index (χ4v) is 3.01. The van der Waals surface area contributed by atoms with Crippen LogP contribution in [0.3, 0.4) is 0 Å². The Balaban J connectivity index is 1.96. The second-order valence-electron chi connectivity index (χ2n) is 3.92. The highest BCUT2D eigenvalue weighted by Gasteiger charge is 2.14. The van der Waals surface area contributed by atoms with Crippen molar-refractivity contribution in [3.8, 4) is 6.07 Å². The number of rotatable bonds is 3. The largest absolute Gasteiger partial charge is 0.385 e. The van der Waals surface area contributed by atoms with Gasteiger partial charge in [0.1, 0.15) is 11.9 Å². The first kappa shape index (κ1) is 11.3. The lowest BCUT2D eigenvalue weighted by Gasteiger charge is -2.11. The number of anilines is 1. The Bertz CT molecular complexity index is 408. The SMILES string of the molecule is N#Cc1cc(NCC2CCSC2)ccc1F. The summed E-state index contributed by atoms with van der Waals surface area (Å²) in [5.41, 5.74) is 0.931. The number of nitrogens with one attached hydrogen (secondary N) is 1. The van der Waals surface area contributed by atoms with Crippen LogP contribution < -0.4 is 5.32 Å². The Morgan fingerprint density at radius 3 is 3.12 bits per heavy atom. The molecule has 2 rings (SSSR count). The van der Waals surface area contributed by atoms with Crippen molar-refractivity contribution in [1.82, 2.24) is 0 Å². The van der Waals surface area contributed by atoms with Crippen molar-refractivity contribution in [3.05, 3.63) is 29.6 Å². The van der Waals surface area contributed by atoms with E-state index in [0.717, 1.165) is 12.2 Å². The van der Waals surface area contributed by atoms with Crippen LogP contribution >= 0.6 is 11.8 Å². The monoisotopic (exact) mass is 236 g/mol. The molecule has 1 saturated heterocycles. The van der Waals surface area contributed by atoms with Gasteiger partial charge in [0.2, 0.25) is 0 Å². The van der Waals surface area contributed by atoms with Gasteiger partial charge in [-0.25, -0.2) is 4.39 Å². The summed E-state index contributed by atoms with van der Waals surface area (Å²) in [6.07, 6.45) is 1.24. The molecule has 1 aromatic rings. The summed E-state index contributed by atoms with van der Waals surface area (Å²) in [6.45, 7) is 0.906. The van der Waals surface area contributed by atoms with Crippen LogP contribution in [0.2, 0.25) is 0 Å². The molecule has 1 heterocycles. The quantitative estimate of drug-likeness (QED) is 0.876. The van der Waals surface area contributed by atoms with Crippen LogP contribution in [-0.2, 0) is 0 Å². The average Bonchev–Trinajstić information content (AvgIpc) is 2.81. The molecule has 1 unspecified atom stereocenters. The molecule has 4 heteroatoms. The van der Waals surface area contributed by atoms with E-state index in [4.69, 9.17) is 5.26 Å². The van der Waals surface area contributed by atoms with E-state index in [1.807, 2.05) is 17.8 Å². The normalized spacial score (nSPS) is 19.4. The van der Waals surface area contributed by atoms with Crippen LogP contribution in [0.5, 0.6) is 0 Å². The molecular formula is C12H13FN2S. The number of nitriles is 1. The number of hydrogen-bond acceptors (Lipinski definition) is 3. The Morgan fingerprint density at radius 1 is 1.56 bits per heavy atom. The highest BCUT2D eigenvalue weighted by Crippen LogP contribution is 2.24. The molecule has 0 aromatic heterocycles. The number of hydrogen-bond donors (Lipinski definition) is 1. The molecule has 0 radical (unpaired) electrons. The molecule has 1 fully saturated rings. The highest BCUT2D eigenvalue weighted by atomic mass is 32.2. The summed E-state index contributed by atoms with van der Waals surface area (Å²) >= 11 is 1.98. The second kappa shape index (κ2) is 5.22. The molecule has 84 valence electrons. The Labute approximate surface area is 98.8 Å². The maximum atomic E-state index is 13.1. The molecule has 0 aliphatic carbocycles. The van der Waals surface area contributed by atoms with E-state index in [-0.39, 0.29) is 5.56 Å². The van der Waals surface area contributed by atoms with Gasteiger partial charge in [-0.1, -0.05) is 0 Å². The Hall–Kier alpha value is -1.21. The highest BCUT2D eigenvalue weighted by molar-refractivity contribution is 7.99. The number of nitrogens with zero attached hydrogens (tertiary/aromatic N) is 1. The minimum Gasteiger partial charge on any atom is -0.385 e.